The van der Waals surface area contributed by atoms with Crippen LogP contribution in [-0.4, -0.2) is 25.5 Å². The maximum absolute atomic E-state index is 12.6. The number of hydrogen-bond acceptors (Lipinski definition) is 4. The zero-order valence-electron chi connectivity index (χ0n) is 15.5. The first-order chi connectivity index (χ1) is 13.9. The summed E-state index contributed by atoms with van der Waals surface area (Å²) < 4.78 is 10.7. The standard InChI is InChI=1S/C21H18Cl2N2O4/c1-25(20(26)13-29-17-10-14(22)9-15(23)11-17)19-7-3-2-6-18(19)21(27)24-12-16-5-4-8-28-16/h2-11H,12-13H2,1H3,(H,24,27). The van der Waals surface area contributed by atoms with Gasteiger partial charge in [0.1, 0.15) is 11.5 Å². The number of rotatable bonds is 7. The number of likely N-dealkylation sites (N-methyl/N-ethyl adjacent to an activating group) is 1. The number of hydrogen-bond donors (Lipinski definition) is 1. The normalized spacial score (nSPS) is 10.4. The molecule has 0 fully saturated rings. The highest BCUT2D eigenvalue weighted by atomic mass is 35.5. The number of carbonyl (C=O) groups is 2. The molecule has 6 nitrogen and oxygen atoms in total. The van der Waals surface area contributed by atoms with Gasteiger partial charge in [-0.1, -0.05) is 35.3 Å². The second-order valence-corrected chi connectivity index (χ2v) is 7.00. The van der Waals surface area contributed by atoms with E-state index < -0.39 is 0 Å². The quantitative estimate of drug-likeness (QED) is 0.593. The van der Waals surface area contributed by atoms with E-state index >= 15 is 0 Å². The number of ether oxygens (including phenoxy) is 1. The lowest BCUT2D eigenvalue weighted by Crippen LogP contribution is -2.33. The molecule has 0 bridgehead atoms. The average molecular weight is 433 g/mol. The Labute approximate surface area is 178 Å². The van der Waals surface area contributed by atoms with Gasteiger partial charge < -0.3 is 19.4 Å². The number of carbonyl (C=O) groups excluding carboxylic acids is 2. The zero-order valence-corrected chi connectivity index (χ0v) is 17.0. The summed E-state index contributed by atoms with van der Waals surface area (Å²) in [4.78, 5) is 26.6. The van der Waals surface area contributed by atoms with Gasteiger partial charge in [-0.2, -0.15) is 0 Å². The lowest BCUT2D eigenvalue weighted by atomic mass is 10.1. The third kappa shape index (κ3) is 5.53. The van der Waals surface area contributed by atoms with Crippen molar-refractivity contribution < 1.29 is 18.7 Å². The number of benzene rings is 2. The van der Waals surface area contributed by atoms with Gasteiger partial charge >= 0.3 is 0 Å². The summed E-state index contributed by atoms with van der Waals surface area (Å²) in [6, 6.07) is 15.0. The highest BCUT2D eigenvalue weighted by Gasteiger charge is 2.19. The molecule has 29 heavy (non-hydrogen) atoms. The van der Waals surface area contributed by atoms with Crippen LogP contribution in [0.4, 0.5) is 5.69 Å². The molecule has 0 aliphatic carbocycles. The van der Waals surface area contributed by atoms with Crippen LogP contribution in [0, 0.1) is 0 Å². The van der Waals surface area contributed by atoms with Crippen LogP contribution >= 0.6 is 23.2 Å². The van der Waals surface area contributed by atoms with Crippen molar-refractivity contribution in [3.63, 3.8) is 0 Å². The predicted molar refractivity (Wildman–Crippen MR) is 112 cm³/mol. The van der Waals surface area contributed by atoms with E-state index in [0.29, 0.717) is 32.8 Å². The SMILES string of the molecule is CN(C(=O)COc1cc(Cl)cc(Cl)c1)c1ccccc1C(=O)NCc1ccco1. The number of halogens is 2. The Morgan fingerprint density at radius 3 is 2.48 bits per heavy atom. The van der Waals surface area contributed by atoms with Crippen LogP contribution in [0.2, 0.25) is 10.0 Å². The van der Waals surface area contributed by atoms with Gasteiger partial charge in [0.15, 0.2) is 6.61 Å². The summed E-state index contributed by atoms with van der Waals surface area (Å²) in [7, 11) is 1.58. The van der Waals surface area contributed by atoms with Gasteiger partial charge in [0, 0.05) is 17.1 Å². The number of amides is 2. The molecule has 0 spiro atoms. The van der Waals surface area contributed by atoms with Crippen LogP contribution in [-0.2, 0) is 11.3 Å². The van der Waals surface area contributed by atoms with Gasteiger partial charge in [-0.15, -0.1) is 0 Å². The van der Waals surface area contributed by atoms with Crippen LogP contribution in [0.3, 0.4) is 0 Å². The molecule has 2 aromatic carbocycles. The fraction of sp³-hybridized carbons (Fsp3) is 0.143. The Balaban J connectivity index is 1.67. The van der Waals surface area contributed by atoms with Crippen molar-refractivity contribution in [2.75, 3.05) is 18.6 Å². The average Bonchev–Trinajstić information content (AvgIpc) is 3.22. The maximum atomic E-state index is 12.6. The zero-order chi connectivity index (χ0) is 20.8. The molecule has 150 valence electrons. The summed E-state index contributed by atoms with van der Waals surface area (Å²) in [6.45, 7) is 0.00594. The van der Waals surface area contributed by atoms with E-state index in [0.717, 1.165) is 0 Å². The van der Waals surface area contributed by atoms with E-state index in [1.807, 2.05) is 0 Å². The summed E-state index contributed by atoms with van der Waals surface area (Å²) in [5, 5.41) is 3.59. The minimum atomic E-state index is -0.340. The topological polar surface area (TPSA) is 71.8 Å². The van der Waals surface area contributed by atoms with Crippen molar-refractivity contribution in [1.82, 2.24) is 5.32 Å². The van der Waals surface area contributed by atoms with Crippen LogP contribution < -0.4 is 15.0 Å². The van der Waals surface area contributed by atoms with Gasteiger partial charge in [0.05, 0.1) is 24.1 Å². The summed E-state index contributed by atoms with van der Waals surface area (Å²) in [5.74, 6) is 0.356. The minimum Gasteiger partial charge on any atom is -0.484 e. The van der Waals surface area contributed by atoms with Crippen LogP contribution in [0.15, 0.2) is 65.3 Å². The van der Waals surface area contributed by atoms with Crippen molar-refractivity contribution in [3.05, 3.63) is 82.2 Å². The van der Waals surface area contributed by atoms with Gasteiger partial charge in [-0.25, -0.2) is 0 Å². The molecule has 3 aromatic rings. The highest BCUT2D eigenvalue weighted by Crippen LogP contribution is 2.25. The molecule has 8 heteroatoms. The molecule has 1 N–H and O–H groups in total. The molecular formula is C21H18Cl2N2O4. The fourth-order valence-electron chi connectivity index (χ4n) is 2.62. The molecule has 1 heterocycles. The molecular weight excluding hydrogens is 415 g/mol. The fourth-order valence-corrected chi connectivity index (χ4v) is 3.13. The van der Waals surface area contributed by atoms with Crippen LogP contribution in [0.1, 0.15) is 16.1 Å². The summed E-state index contributed by atoms with van der Waals surface area (Å²) in [6.07, 6.45) is 1.54. The highest BCUT2D eigenvalue weighted by molar-refractivity contribution is 6.34. The summed E-state index contributed by atoms with van der Waals surface area (Å²) in [5.41, 5.74) is 0.822. The Morgan fingerprint density at radius 2 is 1.79 bits per heavy atom. The molecule has 0 saturated carbocycles. The van der Waals surface area contributed by atoms with Gasteiger partial charge in [0.25, 0.3) is 11.8 Å². The van der Waals surface area contributed by atoms with Gasteiger partial charge in [0.2, 0.25) is 0 Å². The Hall–Kier alpha value is -2.96. The van der Waals surface area contributed by atoms with Crippen LogP contribution in [0.5, 0.6) is 5.75 Å². The lowest BCUT2D eigenvalue weighted by Gasteiger charge is -2.20. The summed E-state index contributed by atoms with van der Waals surface area (Å²) >= 11 is 11.9. The third-order valence-corrected chi connectivity index (χ3v) is 4.52. The molecule has 0 aliphatic rings. The molecule has 2 amide bonds. The maximum Gasteiger partial charge on any atom is 0.264 e. The molecule has 1 aromatic heterocycles. The Bertz CT molecular complexity index is 985. The van der Waals surface area contributed by atoms with E-state index in [2.05, 4.69) is 5.32 Å². The third-order valence-electron chi connectivity index (χ3n) is 4.09. The van der Waals surface area contributed by atoms with E-state index in [4.69, 9.17) is 32.4 Å². The Morgan fingerprint density at radius 1 is 1.07 bits per heavy atom. The van der Waals surface area contributed by atoms with Gasteiger partial charge in [-0.3, -0.25) is 9.59 Å². The van der Waals surface area contributed by atoms with E-state index in [9.17, 15) is 9.59 Å². The first-order valence-electron chi connectivity index (χ1n) is 8.69. The first kappa shape index (κ1) is 20.8. The first-order valence-corrected chi connectivity index (χ1v) is 9.44. The second-order valence-electron chi connectivity index (χ2n) is 6.13. The molecule has 0 atom stereocenters. The number of nitrogens with one attached hydrogen (secondary N) is 1. The van der Waals surface area contributed by atoms with Crippen LogP contribution in [0.25, 0.3) is 0 Å². The number of furan rings is 1. The predicted octanol–water partition coefficient (Wildman–Crippen LogP) is 4.56. The van der Waals surface area contributed by atoms with Crippen molar-refractivity contribution in [2.45, 2.75) is 6.54 Å². The van der Waals surface area contributed by atoms with Crippen molar-refractivity contribution in [2.24, 2.45) is 0 Å². The Kier molecular flexibility index (Phi) is 6.80. The smallest absolute Gasteiger partial charge is 0.264 e. The number of anilines is 1. The monoisotopic (exact) mass is 432 g/mol. The second kappa shape index (κ2) is 9.49. The molecule has 0 unspecified atom stereocenters. The largest absolute Gasteiger partial charge is 0.484 e. The minimum absolute atomic E-state index is 0.241. The number of para-hydroxylation sites is 1. The molecule has 0 radical (unpaired) electrons. The van der Waals surface area contributed by atoms with Gasteiger partial charge in [-0.05, 0) is 42.5 Å². The van der Waals surface area contributed by atoms with E-state index in [1.165, 1.54) is 11.2 Å². The van der Waals surface area contributed by atoms with E-state index in [-0.39, 0.29) is 25.0 Å². The molecule has 0 saturated heterocycles. The lowest BCUT2D eigenvalue weighted by molar-refractivity contribution is -0.120. The number of nitrogens with zero attached hydrogens (tertiary/aromatic N) is 1. The molecule has 3 rings (SSSR count). The van der Waals surface area contributed by atoms with Crippen molar-refractivity contribution in [3.8, 4) is 5.75 Å². The molecule has 0 aliphatic heterocycles. The van der Waals surface area contributed by atoms with Crippen molar-refractivity contribution >= 4 is 40.7 Å². The van der Waals surface area contributed by atoms with E-state index in [1.54, 1.807) is 61.6 Å². The van der Waals surface area contributed by atoms with Crippen molar-refractivity contribution in [1.29, 1.82) is 0 Å².